The van der Waals surface area contributed by atoms with Crippen LogP contribution in [0, 0.1) is 5.41 Å². The van der Waals surface area contributed by atoms with Gasteiger partial charge in [0.2, 0.25) is 0 Å². The molecule has 0 aliphatic heterocycles. The highest BCUT2D eigenvalue weighted by atomic mass is 16.4. The van der Waals surface area contributed by atoms with Crippen molar-refractivity contribution in [3.63, 3.8) is 0 Å². The van der Waals surface area contributed by atoms with Gasteiger partial charge in [-0.15, -0.1) is 0 Å². The van der Waals surface area contributed by atoms with Gasteiger partial charge < -0.3 is 15.7 Å². The van der Waals surface area contributed by atoms with Crippen LogP contribution in [-0.4, -0.2) is 29.2 Å². The van der Waals surface area contributed by atoms with Crippen LogP contribution in [0.1, 0.15) is 59.3 Å². The third-order valence-electron chi connectivity index (χ3n) is 3.75. The summed E-state index contributed by atoms with van der Waals surface area (Å²) >= 11 is 0. The predicted octanol–water partition coefficient (Wildman–Crippen LogP) is 2.51. The maximum atomic E-state index is 11.8. The Morgan fingerprint density at radius 1 is 1.42 bits per heavy atom. The van der Waals surface area contributed by atoms with E-state index in [4.69, 9.17) is 5.11 Å². The van der Waals surface area contributed by atoms with E-state index in [0.717, 1.165) is 32.1 Å². The normalized spacial score (nSPS) is 22.8. The van der Waals surface area contributed by atoms with Gasteiger partial charge in [0.15, 0.2) is 0 Å². The number of urea groups is 1. The van der Waals surface area contributed by atoms with Gasteiger partial charge in [-0.1, -0.05) is 33.6 Å². The second kappa shape index (κ2) is 6.78. The van der Waals surface area contributed by atoms with E-state index in [-0.39, 0.29) is 17.5 Å². The molecule has 1 saturated carbocycles. The lowest BCUT2D eigenvalue weighted by atomic mass is 9.92. The number of carbonyl (C=O) groups is 2. The second-order valence-electron chi connectivity index (χ2n) is 6.25. The molecule has 2 atom stereocenters. The van der Waals surface area contributed by atoms with Gasteiger partial charge in [0.25, 0.3) is 0 Å². The zero-order valence-electron chi connectivity index (χ0n) is 12.2. The van der Waals surface area contributed by atoms with E-state index >= 15 is 0 Å². The Hall–Kier alpha value is -1.26. The summed E-state index contributed by atoms with van der Waals surface area (Å²) in [5.74, 6) is -0.963. The first-order valence-corrected chi connectivity index (χ1v) is 7.14. The van der Waals surface area contributed by atoms with Crippen LogP contribution in [0.3, 0.4) is 0 Å². The van der Waals surface area contributed by atoms with Crippen molar-refractivity contribution in [1.29, 1.82) is 0 Å². The van der Waals surface area contributed by atoms with Gasteiger partial charge in [0, 0.05) is 6.04 Å². The third-order valence-corrected chi connectivity index (χ3v) is 3.75. The van der Waals surface area contributed by atoms with Crippen LogP contribution < -0.4 is 10.6 Å². The van der Waals surface area contributed by atoms with E-state index in [1.54, 1.807) is 0 Å². The molecule has 1 aliphatic rings. The minimum Gasteiger partial charge on any atom is -0.480 e. The molecule has 0 aromatic heterocycles. The monoisotopic (exact) mass is 270 g/mol. The maximum absolute atomic E-state index is 11.8. The molecule has 0 spiro atoms. The van der Waals surface area contributed by atoms with Crippen molar-refractivity contribution in [3.8, 4) is 0 Å². The molecule has 0 bridgehead atoms. The molecule has 0 radical (unpaired) electrons. The highest BCUT2D eigenvalue weighted by molar-refractivity contribution is 5.82. The first-order valence-electron chi connectivity index (χ1n) is 7.14. The molecule has 5 nitrogen and oxygen atoms in total. The Balaban J connectivity index is 2.38. The number of carboxylic acids is 1. The van der Waals surface area contributed by atoms with Crippen LogP contribution in [0.25, 0.3) is 0 Å². The van der Waals surface area contributed by atoms with Crippen molar-refractivity contribution >= 4 is 12.0 Å². The Labute approximate surface area is 115 Å². The van der Waals surface area contributed by atoms with E-state index in [9.17, 15) is 9.59 Å². The average molecular weight is 270 g/mol. The summed E-state index contributed by atoms with van der Waals surface area (Å²) in [6.45, 7) is 6.38. The van der Waals surface area contributed by atoms with Gasteiger partial charge in [0.05, 0.1) is 0 Å². The Morgan fingerprint density at radius 2 is 2.11 bits per heavy atom. The van der Waals surface area contributed by atoms with Crippen LogP contribution in [0.4, 0.5) is 4.79 Å². The van der Waals surface area contributed by atoms with E-state index in [1.165, 1.54) is 0 Å². The van der Waals surface area contributed by atoms with Gasteiger partial charge in [-0.3, -0.25) is 0 Å². The van der Waals surface area contributed by atoms with Crippen molar-refractivity contribution in [1.82, 2.24) is 10.6 Å². The van der Waals surface area contributed by atoms with Crippen molar-refractivity contribution < 1.29 is 14.7 Å². The Kier molecular flexibility index (Phi) is 5.63. The standard InChI is InChI=1S/C14H26N2O3/c1-4-5-6-11(12(17)18)16-13(19)15-10-7-8-14(2,3)9-10/h10-11H,4-9H2,1-3H3,(H,17,18)(H2,15,16,19)/t10?,11-/m0/s1. The second-order valence-corrected chi connectivity index (χ2v) is 6.25. The zero-order chi connectivity index (χ0) is 14.5. The fourth-order valence-electron chi connectivity index (χ4n) is 2.61. The maximum Gasteiger partial charge on any atom is 0.326 e. The van der Waals surface area contributed by atoms with Crippen LogP contribution in [0.5, 0.6) is 0 Å². The van der Waals surface area contributed by atoms with E-state index in [0.29, 0.717) is 6.42 Å². The molecular weight excluding hydrogens is 244 g/mol. The number of hydrogen-bond acceptors (Lipinski definition) is 2. The topological polar surface area (TPSA) is 78.4 Å². The molecule has 110 valence electrons. The minimum absolute atomic E-state index is 0.163. The number of carbonyl (C=O) groups excluding carboxylic acids is 1. The summed E-state index contributed by atoms with van der Waals surface area (Å²) < 4.78 is 0. The van der Waals surface area contributed by atoms with Crippen LogP contribution in [0.15, 0.2) is 0 Å². The average Bonchev–Trinajstić information content (AvgIpc) is 2.63. The molecule has 2 amide bonds. The molecule has 1 unspecified atom stereocenters. The SMILES string of the molecule is CCCC[C@H](NC(=O)NC1CCC(C)(C)C1)C(=O)O. The van der Waals surface area contributed by atoms with E-state index in [1.807, 2.05) is 6.92 Å². The molecule has 1 rings (SSSR count). The number of aliphatic carboxylic acids is 1. The molecule has 0 heterocycles. The Bertz CT molecular complexity index is 329. The zero-order valence-corrected chi connectivity index (χ0v) is 12.2. The van der Waals surface area contributed by atoms with Crippen molar-refractivity contribution in [2.24, 2.45) is 5.41 Å². The van der Waals surface area contributed by atoms with E-state index < -0.39 is 12.0 Å². The molecule has 3 N–H and O–H groups in total. The molecule has 1 aliphatic carbocycles. The lowest BCUT2D eigenvalue weighted by Gasteiger charge is -2.20. The smallest absolute Gasteiger partial charge is 0.326 e. The fourth-order valence-corrected chi connectivity index (χ4v) is 2.61. The van der Waals surface area contributed by atoms with E-state index in [2.05, 4.69) is 24.5 Å². The number of rotatable bonds is 6. The summed E-state index contributed by atoms with van der Waals surface area (Å²) in [5, 5.41) is 14.5. The number of hydrogen-bond donors (Lipinski definition) is 3. The van der Waals surface area contributed by atoms with Gasteiger partial charge in [-0.2, -0.15) is 0 Å². The van der Waals surface area contributed by atoms with Crippen LogP contribution >= 0.6 is 0 Å². The molecule has 5 heteroatoms. The summed E-state index contributed by atoms with van der Waals surface area (Å²) in [7, 11) is 0. The van der Waals surface area contributed by atoms with Crippen molar-refractivity contribution in [3.05, 3.63) is 0 Å². The summed E-state index contributed by atoms with van der Waals surface area (Å²) in [4.78, 5) is 22.8. The van der Waals surface area contributed by atoms with Crippen molar-refractivity contribution in [2.75, 3.05) is 0 Å². The lowest BCUT2D eigenvalue weighted by molar-refractivity contribution is -0.139. The molecule has 0 saturated heterocycles. The summed E-state index contributed by atoms with van der Waals surface area (Å²) in [6, 6.07) is -0.976. The lowest BCUT2D eigenvalue weighted by Crippen LogP contribution is -2.48. The van der Waals surface area contributed by atoms with Gasteiger partial charge in [0.1, 0.15) is 6.04 Å². The molecule has 19 heavy (non-hydrogen) atoms. The molecule has 0 aromatic carbocycles. The Morgan fingerprint density at radius 3 is 2.58 bits per heavy atom. The molecule has 1 fully saturated rings. The molecule has 0 aromatic rings. The number of amides is 2. The fraction of sp³-hybridized carbons (Fsp3) is 0.857. The van der Waals surface area contributed by atoms with Gasteiger partial charge in [-0.25, -0.2) is 9.59 Å². The van der Waals surface area contributed by atoms with Crippen molar-refractivity contribution in [2.45, 2.75) is 71.4 Å². The minimum atomic E-state index is -0.963. The van der Waals surface area contributed by atoms with Crippen LogP contribution in [0.2, 0.25) is 0 Å². The molecular formula is C14H26N2O3. The predicted molar refractivity (Wildman–Crippen MR) is 74.0 cm³/mol. The summed E-state index contributed by atoms with van der Waals surface area (Å²) in [5.41, 5.74) is 0.270. The third kappa shape index (κ3) is 5.49. The number of nitrogens with one attached hydrogen (secondary N) is 2. The van der Waals surface area contributed by atoms with Crippen LogP contribution in [-0.2, 0) is 4.79 Å². The highest BCUT2D eigenvalue weighted by Gasteiger charge is 2.32. The highest BCUT2D eigenvalue weighted by Crippen LogP contribution is 2.36. The number of carboxylic acid groups (broad SMARTS) is 1. The quantitative estimate of drug-likeness (QED) is 0.694. The number of unbranched alkanes of at least 4 members (excludes halogenated alkanes) is 1. The summed E-state index contributed by atoms with van der Waals surface area (Å²) in [6.07, 6.45) is 5.21. The van der Waals surface area contributed by atoms with Gasteiger partial charge in [-0.05, 0) is 31.1 Å². The first kappa shape index (κ1) is 15.8. The first-order chi connectivity index (χ1) is 8.84. The van der Waals surface area contributed by atoms with Gasteiger partial charge >= 0.3 is 12.0 Å². The largest absolute Gasteiger partial charge is 0.480 e.